The van der Waals surface area contributed by atoms with Crippen LogP contribution in [0, 0.1) is 6.92 Å². The van der Waals surface area contributed by atoms with Gasteiger partial charge < -0.3 is 0 Å². The molecule has 0 bridgehead atoms. The summed E-state index contributed by atoms with van der Waals surface area (Å²) in [6.07, 6.45) is 1.83. The third-order valence-corrected chi connectivity index (χ3v) is 5.56. The van der Waals surface area contributed by atoms with Crippen molar-refractivity contribution in [2.75, 3.05) is 0 Å². The molecule has 0 N–H and O–H groups in total. The third kappa shape index (κ3) is 3.71. The van der Waals surface area contributed by atoms with Gasteiger partial charge in [-0.25, -0.2) is 4.68 Å². The van der Waals surface area contributed by atoms with Crippen molar-refractivity contribution < 1.29 is 0 Å². The maximum atomic E-state index is 4.67. The highest BCUT2D eigenvalue weighted by molar-refractivity contribution is 7.98. The van der Waals surface area contributed by atoms with Crippen LogP contribution in [0.25, 0.3) is 17.1 Å². The van der Waals surface area contributed by atoms with E-state index >= 15 is 0 Å². The van der Waals surface area contributed by atoms with Crippen LogP contribution in [0.1, 0.15) is 31.0 Å². The monoisotopic (exact) mass is 390 g/mol. The highest BCUT2D eigenvalue weighted by Gasteiger charge is 2.20. The molecule has 4 aromatic rings. The number of nitrogens with zero attached hydrogens (tertiary/aromatic N) is 6. The Labute approximate surface area is 168 Å². The van der Waals surface area contributed by atoms with E-state index in [1.54, 1.807) is 16.6 Å². The summed E-state index contributed by atoms with van der Waals surface area (Å²) in [6, 6.07) is 18.8. The van der Waals surface area contributed by atoms with E-state index in [0.717, 1.165) is 27.6 Å². The fourth-order valence-electron chi connectivity index (χ4n) is 2.88. The lowest BCUT2D eigenvalue weighted by molar-refractivity contribution is 0.455. The fraction of sp³-hybridized carbons (Fsp3) is 0.238. The van der Waals surface area contributed by atoms with Gasteiger partial charge in [0.1, 0.15) is 5.03 Å². The number of para-hydroxylation sites is 1. The van der Waals surface area contributed by atoms with Crippen LogP contribution in [0.4, 0.5) is 0 Å². The molecule has 28 heavy (non-hydrogen) atoms. The normalized spacial score (nSPS) is 11.3. The molecule has 0 amide bonds. The summed E-state index contributed by atoms with van der Waals surface area (Å²) >= 11 is 1.73. The van der Waals surface area contributed by atoms with Crippen molar-refractivity contribution in [2.24, 2.45) is 0 Å². The predicted octanol–water partition coefficient (Wildman–Crippen LogP) is 4.71. The summed E-state index contributed by atoms with van der Waals surface area (Å²) in [5, 5.41) is 18.7. The number of thioether (sulfide) groups is 1. The molecule has 0 fully saturated rings. The van der Waals surface area contributed by atoms with E-state index in [4.69, 9.17) is 0 Å². The molecule has 0 aliphatic carbocycles. The van der Waals surface area contributed by atoms with E-state index in [1.807, 2.05) is 42.9 Å². The Morgan fingerprint density at radius 3 is 2.46 bits per heavy atom. The first-order chi connectivity index (χ1) is 13.6. The predicted molar refractivity (Wildman–Crippen MR) is 112 cm³/mol. The van der Waals surface area contributed by atoms with Gasteiger partial charge >= 0.3 is 0 Å². The Hall–Kier alpha value is -2.93. The molecular formula is C21H22N6S. The van der Waals surface area contributed by atoms with Crippen LogP contribution in [0.15, 0.2) is 65.8 Å². The summed E-state index contributed by atoms with van der Waals surface area (Å²) in [5.41, 5.74) is 4.38. The molecule has 0 unspecified atom stereocenters. The van der Waals surface area contributed by atoms with Crippen molar-refractivity contribution in [1.82, 2.24) is 30.0 Å². The first-order valence-electron chi connectivity index (χ1n) is 9.24. The van der Waals surface area contributed by atoms with Crippen LogP contribution in [0.5, 0.6) is 0 Å². The van der Waals surface area contributed by atoms with Gasteiger partial charge in [0.2, 0.25) is 5.82 Å². The molecule has 6 nitrogen and oxygen atoms in total. The first kappa shape index (κ1) is 18.4. The molecule has 0 aliphatic rings. The maximum absolute atomic E-state index is 4.67. The summed E-state index contributed by atoms with van der Waals surface area (Å²) in [7, 11) is 0. The van der Waals surface area contributed by atoms with Gasteiger partial charge in [-0.05, 0) is 43.2 Å². The average molecular weight is 391 g/mol. The van der Waals surface area contributed by atoms with Crippen LogP contribution >= 0.6 is 11.8 Å². The number of aromatic nitrogens is 6. The molecule has 0 radical (unpaired) electrons. The number of benzene rings is 2. The van der Waals surface area contributed by atoms with E-state index in [0.29, 0.717) is 5.82 Å². The molecular weight excluding hydrogens is 368 g/mol. The van der Waals surface area contributed by atoms with E-state index in [2.05, 4.69) is 63.8 Å². The molecule has 4 rings (SSSR count). The molecule has 0 saturated carbocycles. The zero-order valence-electron chi connectivity index (χ0n) is 16.1. The van der Waals surface area contributed by atoms with Crippen molar-refractivity contribution >= 4 is 11.8 Å². The molecule has 0 saturated heterocycles. The van der Waals surface area contributed by atoms with E-state index in [1.165, 1.54) is 5.56 Å². The Morgan fingerprint density at radius 2 is 1.75 bits per heavy atom. The minimum absolute atomic E-state index is 0.160. The van der Waals surface area contributed by atoms with Crippen molar-refractivity contribution in [3.05, 3.63) is 71.9 Å². The zero-order chi connectivity index (χ0) is 19.5. The summed E-state index contributed by atoms with van der Waals surface area (Å²) in [5.74, 6) is 1.44. The molecule has 2 aromatic carbocycles. The minimum Gasteiger partial charge on any atom is -0.226 e. The van der Waals surface area contributed by atoms with Gasteiger partial charge in [0, 0.05) is 5.75 Å². The number of hydrogen-bond acceptors (Lipinski definition) is 5. The van der Waals surface area contributed by atoms with Crippen LogP contribution < -0.4 is 0 Å². The average Bonchev–Trinajstić information content (AvgIpc) is 3.35. The van der Waals surface area contributed by atoms with Crippen molar-refractivity contribution in [3.8, 4) is 17.1 Å². The molecule has 7 heteroatoms. The summed E-state index contributed by atoms with van der Waals surface area (Å²) < 4.78 is 1.98. The maximum Gasteiger partial charge on any atom is 0.209 e. The standard InChI is InChI=1S/C21H22N6S/c1-15(2)27-24-20(23-25-27)18-13-22-26(19-12-8-7-9-16(19)3)21(18)28-14-17-10-5-4-6-11-17/h4-13,15H,14H2,1-3H3. The molecule has 0 aliphatic heterocycles. The molecule has 0 spiro atoms. The second-order valence-corrected chi connectivity index (χ2v) is 7.83. The highest BCUT2D eigenvalue weighted by Crippen LogP contribution is 2.34. The van der Waals surface area contributed by atoms with Gasteiger partial charge in [-0.1, -0.05) is 48.5 Å². The minimum atomic E-state index is 0.160. The van der Waals surface area contributed by atoms with Crippen molar-refractivity contribution in [1.29, 1.82) is 0 Å². The van der Waals surface area contributed by atoms with Crippen LogP contribution in [-0.4, -0.2) is 30.0 Å². The number of tetrazole rings is 1. The Bertz CT molecular complexity index is 1070. The number of aryl methyl sites for hydroxylation is 1. The summed E-state index contributed by atoms with van der Waals surface area (Å²) in [4.78, 5) is 1.63. The van der Waals surface area contributed by atoms with E-state index in [-0.39, 0.29) is 6.04 Å². The molecule has 0 atom stereocenters. The smallest absolute Gasteiger partial charge is 0.209 e. The van der Waals surface area contributed by atoms with Gasteiger partial charge in [-0.15, -0.1) is 22.0 Å². The Kier molecular flexibility index (Phi) is 5.25. The zero-order valence-corrected chi connectivity index (χ0v) is 17.0. The van der Waals surface area contributed by atoms with Gasteiger partial charge in [0.15, 0.2) is 0 Å². The molecule has 2 aromatic heterocycles. The van der Waals surface area contributed by atoms with Crippen LogP contribution in [-0.2, 0) is 5.75 Å². The second-order valence-electron chi connectivity index (χ2n) is 6.86. The second kappa shape index (κ2) is 7.98. The number of rotatable bonds is 6. The molecule has 142 valence electrons. The quantitative estimate of drug-likeness (QED) is 0.446. The lowest BCUT2D eigenvalue weighted by Crippen LogP contribution is -2.04. The van der Waals surface area contributed by atoms with Crippen LogP contribution in [0.2, 0.25) is 0 Å². The van der Waals surface area contributed by atoms with Crippen molar-refractivity contribution in [2.45, 2.75) is 37.6 Å². The van der Waals surface area contributed by atoms with Gasteiger partial charge in [-0.2, -0.15) is 9.90 Å². The number of hydrogen-bond donors (Lipinski definition) is 0. The Morgan fingerprint density at radius 1 is 1.00 bits per heavy atom. The highest BCUT2D eigenvalue weighted by atomic mass is 32.2. The largest absolute Gasteiger partial charge is 0.226 e. The lowest BCUT2D eigenvalue weighted by atomic mass is 10.2. The fourth-order valence-corrected chi connectivity index (χ4v) is 3.94. The van der Waals surface area contributed by atoms with Gasteiger partial charge in [0.25, 0.3) is 0 Å². The van der Waals surface area contributed by atoms with Crippen LogP contribution in [0.3, 0.4) is 0 Å². The summed E-state index contributed by atoms with van der Waals surface area (Å²) in [6.45, 7) is 6.16. The molecule has 2 heterocycles. The van der Waals surface area contributed by atoms with E-state index < -0.39 is 0 Å². The first-order valence-corrected chi connectivity index (χ1v) is 10.2. The Balaban J connectivity index is 1.76. The topological polar surface area (TPSA) is 61.4 Å². The SMILES string of the molecule is Cc1ccccc1-n1ncc(-c2nnn(C(C)C)n2)c1SCc1ccccc1. The van der Waals surface area contributed by atoms with Gasteiger partial charge in [-0.3, -0.25) is 0 Å². The third-order valence-electron chi connectivity index (χ3n) is 4.42. The van der Waals surface area contributed by atoms with Gasteiger partial charge in [0.05, 0.1) is 23.5 Å². The lowest BCUT2D eigenvalue weighted by Gasteiger charge is -2.11. The van der Waals surface area contributed by atoms with E-state index in [9.17, 15) is 0 Å². The van der Waals surface area contributed by atoms with Crippen molar-refractivity contribution in [3.63, 3.8) is 0 Å².